The monoisotopic (exact) mass is 432 g/mol. The molecule has 0 aliphatic rings. The molecule has 0 aromatic heterocycles. The fourth-order valence-electron chi connectivity index (χ4n) is 1.68. The molecule has 108 valence electrons. The minimum absolute atomic E-state index is 0.802. The summed E-state index contributed by atoms with van der Waals surface area (Å²) >= 11 is 15.3. The van der Waals surface area contributed by atoms with E-state index in [4.69, 9.17) is 0 Å². The molecule has 0 radical (unpaired) electrons. The van der Waals surface area contributed by atoms with Crippen LogP contribution in [-0.4, -0.2) is 0 Å². The van der Waals surface area contributed by atoms with E-state index in [-0.39, 0.29) is 0 Å². The zero-order valence-electron chi connectivity index (χ0n) is 11.1. The second kappa shape index (κ2) is 10.8. The fraction of sp³-hybridized carbons (Fsp3) is 0.250. The molecule has 0 fully saturated rings. The van der Waals surface area contributed by atoms with Crippen molar-refractivity contribution in [2.75, 3.05) is 0 Å². The summed E-state index contributed by atoms with van der Waals surface area (Å²) < 4.78 is 0. The van der Waals surface area contributed by atoms with Gasteiger partial charge in [0.2, 0.25) is 0 Å². The van der Waals surface area contributed by atoms with Crippen LogP contribution in [0.4, 0.5) is 0 Å². The molecule has 0 unspecified atom stereocenters. The first-order valence-electron chi connectivity index (χ1n) is 6.24. The molecular formula is C16H18Br2S2. The van der Waals surface area contributed by atoms with E-state index in [2.05, 4.69) is 93.5 Å². The maximum absolute atomic E-state index is 4.20. The molecule has 0 spiro atoms. The number of benzene rings is 2. The highest BCUT2D eigenvalue weighted by Crippen LogP contribution is 2.14. The van der Waals surface area contributed by atoms with Crippen molar-refractivity contribution in [1.29, 1.82) is 0 Å². The van der Waals surface area contributed by atoms with Crippen molar-refractivity contribution in [3.8, 4) is 0 Å². The molecule has 0 bridgehead atoms. The highest BCUT2D eigenvalue weighted by Gasteiger charge is 1.96. The van der Waals surface area contributed by atoms with E-state index in [9.17, 15) is 0 Å². The molecule has 0 amide bonds. The molecule has 0 atom stereocenters. The smallest absolute Gasteiger partial charge is 0.0286 e. The summed E-state index contributed by atoms with van der Waals surface area (Å²) in [5.74, 6) is 1.60. The number of hydrogen-bond acceptors (Lipinski definition) is 2. The fourth-order valence-corrected chi connectivity index (χ4v) is 3.40. The highest BCUT2D eigenvalue weighted by molar-refractivity contribution is 9.09. The van der Waals surface area contributed by atoms with E-state index in [1.165, 1.54) is 22.3 Å². The van der Waals surface area contributed by atoms with Crippen molar-refractivity contribution >= 4 is 57.1 Å². The number of alkyl halides is 2. The standard InChI is InChI=1S/C8H8Br2.C8H10S2/c2*9-5-7-3-1-2-4-8(7)6-10/h1-4H,5-6H2;1-4,9-10H,5-6H2. The lowest BCUT2D eigenvalue weighted by Crippen LogP contribution is -1.85. The lowest BCUT2D eigenvalue weighted by atomic mass is 10.1. The second-order valence-corrected chi connectivity index (χ2v) is 5.87. The highest BCUT2D eigenvalue weighted by atomic mass is 79.9. The largest absolute Gasteiger partial charge is 0.175 e. The van der Waals surface area contributed by atoms with Crippen LogP contribution in [0, 0.1) is 0 Å². The third-order valence-corrected chi connectivity index (χ3v) is 4.75. The van der Waals surface area contributed by atoms with Gasteiger partial charge in [0, 0.05) is 22.2 Å². The Morgan fingerprint density at radius 1 is 0.600 bits per heavy atom. The maximum Gasteiger partial charge on any atom is 0.0286 e. The average Bonchev–Trinajstić information content (AvgIpc) is 2.55. The van der Waals surface area contributed by atoms with Gasteiger partial charge in [0.1, 0.15) is 0 Å². The Bertz CT molecular complexity index is 422. The van der Waals surface area contributed by atoms with Gasteiger partial charge in [-0.25, -0.2) is 0 Å². The molecule has 0 aliphatic carbocycles. The third kappa shape index (κ3) is 5.84. The van der Waals surface area contributed by atoms with Crippen LogP contribution in [-0.2, 0) is 22.2 Å². The van der Waals surface area contributed by atoms with Crippen LogP contribution in [0.3, 0.4) is 0 Å². The van der Waals surface area contributed by atoms with Gasteiger partial charge in [-0.2, -0.15) is 25.3 Å². The lowest BCUT2D eigenvalue weighted by molar-refractivity contribution is 1.29. The molecular weight excluding hydrogens is 416 g/mol. The predicted molar refractivity (Wildman–Crippen MR) is 104 cm³/mol. The molecule has 0 saturated carbocycles. The Morgan fingerprint density at radius 3 is 1.15 bits per heavy atom. The SMILES string of the molecule is BrCc1ccccc1CBr.SCc1ccccc1CS. The van der Waals surface area contributed by atoms with Crippen molar-refractivity contribution in [3.63, 3.8) is 0 Å². The van der Waals surface area contributed by atoms with Gasteiger partial charge in [-0.3, -0.25) is 0 Å². The van der Waals surface area contributed by atoms with E-state index in [0.717, 1.165) is 22.2 Å². The summed E-state index contributed by atoms with van der Waals surface area (Å²) in [6, 6.07) is 16.6. The zero-order chi connectivity index (χ0) is 14.8. The Labute approximate surface area is 149 Å². The first-order valence-corrected chi connectivity index (χ1v) is 9.74. The first kappa shape index (κ1) is 18.1. The summed E-state index contributed by atoms with van der Waals surface area (Å²) in [6.07, 6.45) is 0. The number of thiol groups is 2. The molecule has 0 N–H and O–H groups in total. The van der Waals surface area contributed by atoms with Gasteiger partial charge in [0.15, 0.2) is 0 Å². The van der Waals surface area contributed by atoms with Crippen molar-refractivity contribution in [3.05, 3.63) is 70.8 Å². The van der Waals surface area contributed by atoms with Crippen LogP contribution in [0.5, 0.6) is 0 Å². The van der Waals surface area contributed by atoms with Crippen molar-refractivity contribution in [1.82, 2.24) is 0 Å². The minimum atomic E-state index is 0.802. The number of hydrogen-bond donors (Lipinski definition) is 2. The van der Waals surface area contributed by atoms with E-state index in [1.54, 1.807) is 0 Å². The molecule has 20 heavy (non-hydrogen) atoms. The first-order chi connectivity index (χ1) is 9.76. The van der Waals surface area contributed by atoms with E-state index in [1.807, 2.05) is 12.1 Å². The van der Waals surface area contributed by atoms with Crippen molar-refractivity contribution in [2.45, 2.75) is 22.2 Å². The molecule has 0 heterocycles. The molecule has 0 aliphatic heterocycles. The Hall–Kier alpha value is 0.1000. The number of halogens is 2. The van der Waals surface area contributed by atoms with Gasteiger partial charge in [-0.15, -0.1) is 0 Å². The van der Waals surface area contributed by atoms with Gasteiger partial charge >= 0.3 is 0 Å². The molecule has 2 aromatic rings. The van der Waals surface area contributed by atoms with Gasteiger partial charge < -0.3 is 0 Å². The normalized spacial score (nSPS) is 9.80. The topological polar surface area (TPSA) is 0 Å². The molecule has 2 aromatic carbocycles. The third-order valence-electron chi connectivity index (χ3n) is 2.87. The number of rotatable bonds is 4. The Balaban J connectivity index is 0.000000200. The summed E-state index contributed by atoms with van der Waals surface area (Å²) in [4.78, 5) is 0. The molecule has 2 rings (SSSR count). The van der Waals surface area contributed by atoms with Gasteiger partial charge in [0.25, 0.3) is 0 Å². The maximum atomic E-state index is 4.20. The average molecular weight is 434 g/mol. The van der Waals surface area contributed by atoms with Crippen LogP contribution in [0.25, 0.3) is 0 Å². The molecule has 4 heteroatoms. The van der Waals surface area contributed by atoms with Crippen LogP contribution in [0.15, 0.2) is 48.5 Å². The van der Waals surface area contributed by atoms with Gasteiger partial charge in [-0.05, 0) is 22.3 Å². The summed E-state index contributed by atoms with van der Waals surface area (Å²) in [5, 5.41) is 1.88. The van der Waals surface area contributed by atoms with Crippen molar-refractivity contribution in [2.24, 2.45) is 0 Å². The quantitative estimate of drug-likeness (QED) is 0.427. The van der Waals surface area contributed by atoms with Crippen molar-refractivity contribution < 1.29 is 0 Å². The van der Waals surface area contributed by atoms with Gasteiger partial charge in [0.05, 0.1) is 0 Å². The Kier molecular flexibility index (Phi) is 9.78. The summed E-state index contributed by atoms with van der Waals surface area (Å²) in [7, 11) is 0. The Morgan fingerprint density at radius 2 is 0.900 bits per heavy atom. The van der Waals surface area contributed by atoms with E-state index in [0.29, 0.717) is 0 Å². The minimum Gasteiger partial charge on any atom is -0.175 e. The zero-order valence-corrected chi connectivity index (χ0v) is 16.1. The van der Waals surface area contributed by atoms with Crippen LogP contribution in [0.2, 0.25) is 0 Å². The van der Waals surface area contributed by atoms with E-state index < -0.39 is 0 Å². The summed E-state index contributed by atoms with van der Waals surface area (Å²) in [6.45, 7) is 0. The van der Waals surface area contributed by atoms with Crippen LogP contribution < -0.4 is 0 Å². The lowest BCUT2D eigenvalue weighted by Gasteiger charge is -2.01. The van der Waals surface area contributed by atoms with Crippen LogP contribution in [0.1, 0.15) is 22.3 Å². The summed E-state index contributed by atoms with van der Waals surface area (Å²) in [5.41, 5.74) is 5.28. The molecule has 0 saturated heterocycles. The van der Waals surface area contributed by atoms with Crippen LogP contribution >= 0.6 is 57.1 Å². The van der Waals surface area contributed by atoms with E-state index >= 15 is 0 Å². The molecule has 0 nitrogen and oxygen atoms in total. The van der Waals surface area contributed by atoms with Gasteiger partial charge in [-0.1, -0.05) is 80.4 Å². The predicted octanol–water partition coefficient (Wildman–Crippen LogP) is 6.02. The second-order valence-electron chi connectivity index (χ2n) is 4.12.